The number of hydrogen-bond donors (Lipinski definition) is 1. The molecule has 0 aliphatic carbocycles. The van der Waals surface area contributed by atoms with Crippen LogP contribution in [0.4, 0.5) is 5.69 Å². The molecule has 0 bridgehead atoms. The molecule has 1 atom stereocenters. The Hall–Kier alpha value is -2.57. The van der Waals surface area contributed by atoms with E-state index in [1.54, 1.807) is 26.0 Å². The summed E-state index contributed by atoms with van der Waals surface area (Å²) in [5, 5.41) is 2.88. The molecule has 1 aliphatic heterocycles. The van der Waals surface area contributed by atoms with Gasteiger partial charge in [-0.1, -0.05) is 6.07 Å². The Morgan fingerprint density at radius 3 is 2.39 bits per heavy atom. The number of carbonyl (C=O) groups excluding carboxylic acids is 3. The Balaban J connectivity index is 2.31. The molecule has 0 spiro atoms. The van der Waals surface area contributed by atoms with Crippen LogP contribution in [0.15, 0.2) is 18.2 Å². The van der Waals surface area contributed by atoms with Gasteiger partial charge in [-0.2, -0.15) is 0 Å². The van der Waals surface area contributed by atoms with E-state index < -0.39 is 29.9 Å². The first-order chi connectivity index (χ1) is 11.0. The standard InChI is InChI=1S/C16H19NO6/c1-4-21-14(18)12(15(19)22-5-2)13-16(20)23-11-8-9(3)6-7-10(11)17-13/h6-8,12-13,17H,4-5H2,1-3H3. The SMILES string of the molecule is CCOC(=O)C(C(=O)OCC)C1Nc2ccc(C)cc2OC1=O. The van der Waals surface area contributed by atoms with E-state index in [0.717, 1.165) is 5.56 Å². The molecular formula is C16H19NO6. The third-order valence-corrected chi connectivity index (χ3v) is 3.33. The lowest BCUT2D eigenvalue weighted by Crippen LogP contribution is -2.50. The van der Waals surface area contributed by atoms with Crippen molar-refractivity contribution in [3.8, 4) is 5.75 Å². The minimum Gasteiger partial charge on any atom is -0.465 e. The number of nitrogens with one attached hydrogen (secondary N) is 1. The van der Waals surface area contributed by atoms with Gasteiger partial charge in [-0.3, -0.25) is 9.59 Å². The highest BCUT2D eigenvalue weighted by molar-refractivity contribution is 6.03. The average molecular weight is 321 g/mol. The highest BCUT2D eigenvalue weighted by Gasteiger charge is 2.45. The fraction of sp³-hybridized carbons (Fsp3) is 0.438. The minimum absolute atomic E-state index is 0.0896. The van der Waals surface area contributed by atoms with E-state index in [2.05, 4.69) is 5.32 Å². The highest BCUT2D eigenvalue weighted by atomic mass is 16.6. The van der Waals surface area contributed by atoms with Gasteiger partial charge in [-0.25, -0.2) is 4.79 Å². The largest absolute Gasteiger partial charge is 0.465 e. The number of esters is 3. The molecule has 23 heavy (non-hydrogen) atoms. The van der Waals surface area contributed by atoms with Crippen molar-refractivity contribution >= 4 is 23.6 Å². The summed E-state index contributed by atoms with van der Waals surface area (Å²) >= 11 is 0. The average Bonchev–Trinajstić information content (AvgIpc) is 2.48. The van der Waals surface area contributed by atoms with Crippen molar-refractivity contribution in [1.29, 1.82) is 0 Å². The molecule has 1 aliphatic rings. The Kier molecular flexibility index (Phi) is 5.20. The van der Waals surface area contributed by atoms with E-state index in [0.29, 0.717) is 11.4 Å². The summed E-state index contributed by atoms with van der Waals surface area (Å²) in [5.41, 5.74) is 1.45. The minimum atomic E-state index is -1.42. The molecule has 1 heterocycles. The lowest BCUT2D eigenvalue weighted by Gasteiger charge is -2.29. The number of aryl methyl sites for hydroxylation is 1. The van der Waals surface area contributed by atoms with Gasteiger partial charge in [0.2, 0.25) is 0 Å². The van der Waals surface area contributed by atoms with E-state index >= 15 is 0 Å². The Labute approximate surface area is 133 Å². The van der Waals surface area contributed by atoms with Crippen molar-refractivity contribution < 1.29 is 28.6 Å². The normalized spacial score (nSPS) is 16.2. The van der Waals surface area contributed by atoms with Crippen LogP contribution >= 0.6 is 0 Å². The second kappa shape index (κ2) is 7.13. The van der Waals surface area contributed by atoms with Crippen LogP contribution in [0.3, 0.4) is 0 Å². The molecule has 1 unspecified atom stereocenters. The molecule has 1 aromatic carbocycles. The lowest BCUT2D eigenvalue weighted by molar-refractivity contribution is -0.165. The van der Waals surface area contributed by atoms with Crippen LogP contribution in [0.2, 0.25) is 0 Å². The summed E-state index contributed by atoms with van der Waals surface area (Å²) in [7, 11) is 0. The molecule has 1 N–H and O–H groups in total. The van der Waals surface area contributed by atoms with Gasteiger partial charge >= 0.3 is 17.9 Å². The predicted molar refractivity (Wildman–Crippen MR) is 81.0 cm³/mol. The Morgan fingerprint density at radius 1 is 1.22 bits per heavy atom. The zero-order chi connectivity index (χ0) is 17.0. The second-order valence-electron chi connectivity index (χ2n) is 5.02. The van der Waals surface area contributed by atoms with Crippen LogP contribution in [0.1, 0.15) is 19.4 Å². The van der Waals surface area contributed by atoms with Crippen molar-refractivity contribution in [2.45, 2.75) is 26.8 Å². The Bertz CT molecular complexity index is 609. The number of hydrogen-bond acceptors (Lipinski definition) is 7. The van der Waals surface area contributed by atoms with Crippen molar-refractivity contribution in [3.63, 3.8) is 0 Å². The van der Waals surface area contributed by atoms with Crippen molar-refractivity contribution in [1.82, 2.24) is 0 Å². The monoisotopic (exact) mass is 321 g/mol. The van der Waals surface area contributed by atoms with Gasteiger partial charge < -0.3 is 19.5 Å². The molecule has 0 radical (unpaired) electrons. The first kappa shape index (κ1) is 16.8. The fourth-order valence-electron chi connectivity index (χ4n) is 2.28. The van der Waals surface area contributed by atoms with Gasteiger partial charge in [0, 0.05) is 0 Å². The second-order valence-corrected chi connectivity index (χ2v) is 5.02. The zero-order valence-electron chi connectivity index (χ0n) is 13.3. The molecule has 0 aromatic heterocycles. The molecule has 7 nitrogen and oxygen atoms in total. The Morgan fingerprint density at radius 2 is 1.83 bits per heavy atom. The topological polar surface area (TPSA) is 90.9 Å². The third-order valence-electron chi connectivity index (χ3n) is 3.33. The predicted octanol–water partition coefficient (Wildman–Crippen LogP) is 1.44. The quantitative estimate of drug-likeness (QED) is 0.498. The van der Waals surface area contributed by atoms with Crippen LogP contribution in [-0.2, 0) is 23.9 Å². The summed E-state index contributed by atoms with van der Waals surface area (Å²) < 4.78 is 15.0. The van der Waals surface area contributed by atoms with Gasteiger partial charge in [0.15, 0.2) is 11.7 Å². The van der Waals surface area contributed by atoms with Crippen molar-refractivity contribution in [2.75, 3.05) is 18.5 Å². The van der Waals surface area contributed by atoms with E-state index in [-0.39, 0.29) is 13.2 Å². The maximum absolute atomic E-state index is 12.2. The first-order valence-electron chi connectivity index (χ1n) is 7.40. The van der Waals surface area contributed by atoms with Gasteiger partial charge in [0.1, 0.15) is 6.04 Å². The van der Waals surface area contributed by atoms with Crippen molar-refractivity contribution in [3.05, 3.63) is 23.8 Å². The maximum Gasteiger partial charge on any atom is 0.335 e. The summed E-state index contributed by atoms with van der Waals surface area (Å²) in [4.78, 5) is 36.4. The molecule has 7 heteroatoms. The van der Waals surface area contributed by atoms with E-state index in [1.807, 2.05) is 13.0 Å². The zero-order valence-corrected chi connectivity index (χ0v) is 13.3. The van der Waals surface area contributed by atoms with Crippen LogP contribution in [0, 0.1) is 12.8 Å². The summed E-state index contributed by atoms with van der Waals surface area (Å²) in [6.45, 7) is 5.27. The summed E-state index contributed by atoms with van der Waals surface area (Å²) in [6, 6.07) is 4.05. The van der Waals surface area contributed by atoms with Gasteiger partial charge in [-0.15, -0.1) is 0 Å². The van der Waals surface area contributed by atoms with Crippen LogP contribution in [0.25, 0.3) is 0 Å². The number of fused-ring (bicyclic) bond motifs is 1. The molecule has 0 fully saturated rings. The van der Waals surface area contributed by atoms with Crippen LogP contribution in [-0.4, -0.2) is 37.2 Å². The number of rotatable bonds is 5. The molecular weight excluding hydrogens is 302 g/mol. The summed E-state index contributed by atoms with van der Waals surface area (Å²) in [5.74, 6) is -3.43. The maximum atomic E-state index is 12.2. The number of benzene rings is 1. The fourth-order valence-corrected chi connectivity index (χ4v) is 2.28. The number of anilines is 1. The molecule has 1 aromatic rings. The molecule has 0 saturated carbocycles. The number of ether oxygens (including phenoxy) is 3. The third kappa shape index (κ3) is 3.61. The molecule has 124 valence electrons. The highest BCUT2D eigenvalue weighted by Crippen LogP contribution is 2.32. The first-order valence-corrected chi connectivity index (χ1v) is 7.40. The van der Waals surface area contributed by atoms with Gasteiger partial charge in [0.25, 0.3) is 0 Å². The number of carbonyl (C=O) groups is 3. The van der Waals surface area contributed by atoms with Gasteiger partial charge in [-0.05, 0) is 38.5 Å². The van der Waals surface area contributed by atoms with Crippen LogP contribution < -0.4 is 10.1 Å². The molecule has 0 saturated heterocycles. The summed E-state index contributed by atoms with van der Waals surface area (Å²) in [6.07, 6.45) is 0. The van der Waals surface area contributed by atoms with Gasteiger partial charge in [0.05, 0.1) is 18.9 Å². The van der Waals surface area contributed by atoms with E-state index in [4.69, 9.17) is 14.2 Å². The smallest absolute Gasteiger partial charge is 0.335 e. The van der Waals surface area contributed by atoms with Crippen LogP contribution in [0.5, 0.6) is 5.75 Å². The molecule has 2 rings (SSSR count). The van der Waals surface area contributed by atoms with Crippen molar-refractivity contribution in [2.24, 2.45) is 5.92 Å². The van der Waals surface area contributed by atoms with E-state index in [1.165, 1.54) is 0 Å². The van der Waals surface area contributed by atoms with E-state index in [9.17, 15) is 14.4 Å². The lowest BCUT2D eigenvalue weighted by atomic mass is 9.98. The molecule has 0 amide bonds.